The molecule has 3 aliphatic rings. The van der Waals surface area contributed by atoms with Gasteiger partial charge in [-0.3, -0.25) is 4.79 Å². The largest absolute Gasteiger partial charge is 0.492 e. The van der Waals surface area contributed by atoms with Crippen molar-refractivity contribution in [2.75, 3.05) is 33.5 Å². The first kappa shape index (κ1) is 22.3. The smallest absolute Gasteiger partial charge is 0.341 e. The van der Waals surface area contributed by atoms with E-state index in [9.17, 15) is 14.7 Å². The zero-order valence-corrected chi connectivity index (χ0v) is 19.1. The van der Waals surface area contributed by atoms with Crippen LogP contribution in [-0.4, -0.2) is 49.2 Å². The lowest BCUT2D eigenvalue weighted by Gasteiger charge is -2.34. The van der Waals surface area contributed by atoms with Crippen molar-refractivity contribution in [2.24, 2.45) is 5.92 Å². The van der Waals surface area contributed by atoms with Gasteiger partial charge in [0.15, 0.2) is 0 Å². The van der Waals surface area contributed by atoms with Crippen LogP contribution in [0.15, 0.2) is 23.0 Å². The number of nitrogens with zero attached hydrogens (tertiary/aromatic N) is 1. The fourth-order valence-corrected chi connectivity index (χ4v) is 4.87. The normalized spacial score (nSPS) is 21.3. The molecule has 0 radical (unpaired) electrons. The lowest BCUT2D eigenvalue weighted by molar-refractivity contribution is 0.0693. The number of hydrogen-bond acceptors (Lipinski definition) is 6. The molecule has 176 valence electrons. The third-order valence-electron chi connectivity index (χ3n) is 6.40. The number of hydrogen-bond donors (Lipinski definition) is 1. The van der Waals surface area contributed by atoms with Crippen molar-refractivity contribution in [3.63, 3.8) is 0 Å². The van der Waals surface area contributed by atoms with Crippen LogP contribution in [0.2, 0.25) is 5.02 Å². The Morgan fingerprint density at radius 2 is 2.06 bits per heavy atom. The van der Waals surface area contributed by atoms with Crippen LogP contribution in [0.1, 0.15) is 53.8 Å². The number of carboxylic acid groups (broad SMARTS) is 1. The number of pyridine rings is 1. The first-order chi connectivity index (χ1) is 16.0. The second-order valence-corrected chi connectivity index (χ2v) is 9.12. The molecular formula is C24H26ClNO7. The van der Waals surface area contributed by atoms with Gasteiger partial charge < -0.3 is 28.6 Å². The van der Waals surface area contributed by atoms with Crippen LogP contribution in [0.4, 0.5) is 0 Å². The van der Waals surface area contributed by atoms with E-state index in [1.165, 1.54) is 6.07 Å². The molecule has 8 nitrogen and oxygen atoms in total. The predicted molar refractivity (Wildman–Crippen MR) is 121 cm³/mol. The third-order valence-corrected chi connectivity index (χ3v) is 6.69. The van der Waals surface area contributed by atoms with Gasteiger partial charge in [-0.25, -0.2) is 4.79 Å². The minimum atomic E-state index is -1.23. The minimum absolute atomic E-state index is 0.0271. The van der Waals surface area contributed by atoms with Crippen LogP contribution < -0.4 is 15.0 Å². The van der Waals surface area contributed by atoms with Gasteiger partial charge in [-0.05, 0) is 31.4 Å². The second kappa shape index (κ2) is 9.00. The first-order valence-corrected chi connectivity index (χ1v) is 11.6. The van der Waals surface area contributed by atoms with E-state index < -0.39 is 17.6 Å². The van der Waals surface area contributed by atoms with Crippen LogP contribution in [0.3, 0.4) is 0 Å². The summed E-state index contributed by atoms with van der Waals surface area (Å²) in [5, 5.41) is 10.1. The van der Waals surface area contributed by atoms with Crippen molar-refractivity contribution >= 4 is 17.6 Å². The standard InChI is InChI=1S/C24H26ClNO7/c1-30-6-2-7-32-20-11-19-15(10-18(20)25)21-16(22(33-19)13-5-8-31-12-13)9-17(24(28)29)23(27)26(21)14-3-4-14/h9-11,13-14,22H,2-8,12H2,1H3,(H,28,29). The van der Waals surface area contributed by atoms with Gasteiger partial charge in [-0.1, -0.05) is 11.6 Å². The number of rotatable bonds is 8. The van der Waals surface area contributed by atoms with Crippen molar-refractivity contribution in [1.82, 2.24) is 4.57 Å². The maximum absolute atomic E-state index is 13.2. The summed E-state index contributed by atoms with van der Waals surface area (Å²) in [5.74, 6) is -0.117. The number of aromatic nitrogens is 1. The highest BCUT2D eigenvalue weighted by atomic mass is 35.5. The highest BCUT2D eigenvalue weighted by molar-refractivity contribution is 6.32. The zero-order chi connectivity index (χ0) is 23.1. The molecule has 1 saturated carbocycles. The maximum atomic E-state index is 13.2. The van der Waals surface area contributed by atoms with Gasteiger partial charge in [0.2, 0.25) is 0 Å². The molecule has 0 bridgehead atoms. The molecule has 2 atom stereocenters. The van der Waals surface area contributed by atoms with Gasteiger partial charge in [0.1, 0.15) is 23.2 Å². The molecule has 2 aromatic rings. The molecule has 0 amide bonds. The Balaban J connectivity index is 1.66. The van der Waals surface area contributed by atoms with Gasteiger partial charge in [-0.2, -0.15) is 0 Å². The lowest BCUT2D eigenvalue weighted by atomic mass is 9.88. The highest BCUT2D eigenvalue weighted by Crippen LogP contribution is 2.51. The fraction of sp³-hybridized carbons (Fsp3) is 0.500. The van der Waals surface area contributed by atoms with Gasteiger partial charge in [0, 0.05) is 55.9 Å². The maximum Gasteiger partial charge on any atom is 0.341 e. The fourth-order valence-electron chi connectivity index (χ4n) is 4.65. The van der Waals surface area contributed by atoms with Crippen LogP contribution in [0.25, 0.3) is 11.3 Å². The van der Waals surface area contributed by atoms with Crippen molar-refractivity contribution < 1.29 is 28.8 Å². The highest BCUT2D eigenvalue weighted by Gasteiger charge is 2.40. The molecule has 1 aromatic heterocycles. The molecular weight excluding hydrogens is 450 g/mol. The van der Waals surface area contributed by atoms with Crippen molar-refractivity contribution in [1.29, 1.82) is 0 Å². The molecule has 2 fully saturated rings. The lowest BCUT2D eigenvalue weighted by Crippen LogP contribution is -2.33. The Bertz CT molecular complexity index is 1130. The van der Waals surface area contributed by atoms with Crippen LogP contribution >= 0.6 is 11.6 Å². The summed E-state index contributed by atoms with van der Waals surface area (Å²) in [4.78, 5) is 25.1. The molecule has 1 aliphatic carbocycles. The summed E-state index contributed by atoms with van der Waals surface area (Å²) in [5.41, 5.74) is 1.34. The van der Waals surface area contributed by atoms with Gasteiger partial charge >= 0.3 is 5.97 Å². The Morgan fingerprint density at radius 1 is 1.24 bits per heavy atom. The monoisotopic (exact) mass is 475 g/mol. The Labute approximate surface area is 196 Å². The third kappa shape index (κ3) is 4.11. The predicted octanol–water partition coefficient (Wildman–Crippen LogP) is 4.09. The molecule has 2 unspecified atom stereocenters. The summed E-state index contributed by atoms with van der Waals surface area (Å²) in [6.45, 7) is 2.15. The molecule has 5 rings (SSSR count). The Hall–Kier alpha value is -2.55. The molecule has 1 saturated heterocycles. The molecule has 9 heteroatoms. The number of aromatic carboxylic acids is 1. The summed E-state index contributed by atoms with van der Waals surface area (Å²) < 4.78 is 24.6. The van der Waals surface area contributed by atoms with E-state index in [2.05, 4.69) is 0 Å². The van der Waals surface area contributed by atoms with Gasteiger partial charge in [0.05, 0.1) is 23.9 Å². The van der Waals surface area contributed by atoms with Crippen molar-refractivity contribution in [3.8, 4) is 22.8 Å². The Morgan fingerprint density at radius 3 is 2.73 bits per heavy atom. The van der Waals surface area contributed by atoms with Gasteiger partial charge in [-0.15, -0.1) is 0 Å². The second-order valence-electron chi connectivity index (χ2n) is 8.71. The average Bonchev–Trinajstić information content (AvgIpc) is 3.48. The number of carboxylic acids is 1. The van der Waals surface area contributed by atoms with Crippen LogP contribution in [-0.2, 0) is 9.47 Å². The van der Waals surface area contributed by atoms with E-state index in [1.54, 1.807) is 23.8 Å². The van der Waals surface area contributed by atoms with E-state index in [0.717, 1.165) is 25.7 Å². The van der Waals surface area contributed by atoms with E-state index >= 15 is 0 Å². The molecule has 1 aromatic carbocycles. The Kier molecular flexibility index (Phi) is 6.07. The summed E-state index contributed by atoms with van der Waals surface area (Å²) in [6.07, 6.45) is 2.74. The van der Waals surface area contributed by atoms with E-state index in [1.807, 2.05) is 0 Å². The summed E-state index contributed by atoms with van der Waals surface area (Å²) in [6, 6.07) is 4.97. The van der Waals surface area contributed by atoms with Crippen molar-refractivity contribution in [3.05, 3.63) is 44.7 Å². The topological polar surface area (TPSA) is 96.2 Å². The minimum Gasteiger partial charge on any atom is -0.492 e. The van der Waals surface area contributed by atoms with E-state index in [4.69, 9.17) is 30.5 Å². The van der Waals surface area contributed by atoms with Crippen molar-refractivity contribution in [2.45, 2.75) is 37.8 Å². The number of benzene rings is 1. The average molecular weight is 476 g/mol. The molecule has 2 aliphatic heterocycles. The molecule has 3 heterocycles. The molecule has 1 N–H and O–H groups in total. The molecule has 33 heavy (non-hydrogen) atoms. The van der Waals surface area contributed by atoms with Crippen LogP contribution in [0, 0.1) is 5.92 Å². The van der Waals surface area contributed by atoms with Gasteiger partial charge in [0.25, 0.3) is 5.56 Å². The number of fused-ring (bicyclic) bond motifs is 3. The zero-order valence-electron chi connectivity index (χ0n) is 18.3. The van der Waals surface area contributed by atoms with Crippen LogP contribution in [0.5, 0.6) is 11.5 Å². The number of methoxy groups -OCH3 is 1. The molecule has 0 spiro atoms. The van der Waals surface area contributed by atoms with E-state index in [-0.39, 0.29) is 17.5 Å². The van der Waals surface area contributed by atoms with E-state index in [0.29, 0.717) is 59.8 Å². The summed E-state index contributed by atoms with van der Waals surface area (Å²) >= 11 is 6.56. The number of halogens is 1. The number of ether oxygens (including phenoxy) is 4. The SMILES string of the molecule is COCCCOc1cc2c(cc1Cl)-c1c(cc(C(=O)O)c(=O)n1C1CC1)C(C1CCOC1)O2. The summed E-state index contributed by atoms with van der Waals surface area (Å²) in [7, 11) is 1.64. The number of carbonyl (C=O) groups is 1. The first-order valence-electron chi connectivity index (χ1n) is 11.2. The quantitative estimate of drug-likeness (QED) is 0.574.